The number of fused-ring (bicyclic) bond motifs is 1. The molecule has 328 valence electrons. The number of hydrogen-bond acceptors (Lipinski definition) is 14. The van der Waals surface area contributed by atoms with E-state index in [9.17, 15) is 24.3 Å². The zero-order valence-electron chi connectivity index (χ0n) is 36.5. The Kier molecular flexibility index (Phi) is 14.9. The summed E-state index contributed by atoms with van der Waals surface area (Å²) in [5.74, 6) is -4.49. The number of aryl methyl sites for hydroxylation is 1. The number of likely N-dealkylation sites (N-methyl/N-ethyl adjacent to an activating group) is 1. The fourth-order valence-corrected chi connectivity index (χ4v) is 9.14. The lowest BCUT2D eigenvalue weighted by Crippen LogP contribution is -2.61. The van der Waals surface area contributed by atoms with Crippen LogP contribution in [0.15, 0.2) is 30.6 Å². The third kappa shape index (κ3) is 9.96. The van der Waals surface area contributed by atoms with Crippen LogP contribution in [-0.4, -0.2) is 146 Å². The van der Waals surface area contributed by atoms with E-state index in [0.717, 1.165) is 0 Å². The van der Waals surface area contributed by atoms with E-state index >= 15 is 0 Å². The Bertz CT molecular complexity index is 1760. The standard InChI is InChI=1S/C42H65N7O10/c1-12-32-42(8)35(49(40(54)59-42)20-16-15-19-48-23-30(45-46-48)29-17-13-14-18-43-29)28(6)44-37(52)24(2)22-41(7,55-11)36(26(4)33(50)27(5)38(53)57-32)58-39-34(51)31(47(9)10)21-25(3)56-39/h13-14,17-18,23-28,31-32,34-36,39,51H,12,15-16,19-22H2,1-11H3,(H,44,52)/t24-,25?,26+,27-,28-,31?,32-,34?,35-,36-,39+,41-,42-/m1/s1. The summed E-state index contributed by atoms with van der Waals surface area (Å²) in [6.07, 6.45) is 0.588. The Labute approximate surface area is 347 Å². The highest BCUT2D eigenvalue weighted by molar-refractivity contribution is 6.00. The lowest BCUT2D eigenvalue weighted by Gasteiger charge is -2.46. The van der Waals surface area contributed by atoms with Gasteiger partial charge in [0.25, 0.3) is 0 Å². The van der Waals surface area contributed by atoms with Crippen LogP contribution in [0.5, 0.6) is 0 Å². The van der Waals surface area contributed by atoms with Gasteiger partial charge in [-0.2, -0.15) is 0 Å². The average molecular weight is 828 g/mol. The molecule has 59 heavy (non-hydrogen) atoms. The van der Waals surface area contributed by atoms with Crippen molar-refractivity contribution in [3.8, 4) is 11.4 Å². The molecule has 3 fully saturated rings. The van der Waals surface area contributed by atoms with Gasteiger partial charge in [0.05, 0.1) is 41.8 Å². The smallest absolute Gasteiger partial charge is 0.410 e. The summed E-state index contributed by atoms with van der Waals surface area (Å²) >= 11 is 0. The molecule has 0 aliphatic carbocycles. The molecule has 0 radical (unpaired) electrons. The number of esters is 1. The summed E-state index contributed by atoms with van der Waals surface area (Å²) in [6.45, 7) is 14.7. The number of pyridine rings is 1. The molecule has 17 nitrogen and oxygen atoms in total. The number of aromatic nitrogens is 4. The molecule has 0 bridgehead atoms. The van der Waals surface area contributed by atoms with Crippen LogP contribution >= 0.6 is 0 Å². The Morgan fingerprint density at radius 2 is 1.75 bits per heavy atom. The molecular weight excluding hydrogens is 763 g/mol. The summed E-state index contributed by atoms with van der Waals surface area (Å²) in [4.78, 5) is 64.2. The van der Waals surface area contributed by atoms with Gasteiger partial charge in [-0.25, -0.2) is 4.79 Å². The second kappa shape index (κ2) is 19.1. The summed E-state index contributed by atoms with van der Waals surface area (Å²) in [5, 5.41) is 23.0. The number of cyclic esters (lactones) is 1. The van der Waals surface area contributed by atoms with Crippen LogP contribution in [0.25, 0.3) is 11.4 Å². The van der Waals surface area contributed by atoms with Crippen LogP contribution in [-0.2, 0) is 44.6 Å². The highest BCUT2D eigenvalue weighted by atomic mass is 16.7. The number of carbonyl (C=O) groups is 4. The SMILES string of the molecule is CC[C@H]1OC(=O)[C@H](C)C(=O)[C@H](C)[C@@H](O[C@@H]2OC(C)CC(N(C)C)C2O)[C@](C)(OC)C[C@@H](C)C(=O)N[C@H](C)[C@H]2N(CCCCn3cc(-c4ccccn4)nn3)C(=O)O[C@]12C. The number of hydrogen-bond donors (Lipinski definition) is 2. The summed E-state index contributed by atoms with van der Waals surface area (Å²) < 4.78 is 32.9. The van der Waals surface area contributed by atoms with E-state index in [0.29, 0.717) is 37.2 Å². The molecule has 5 heterocycles. The predicted molar refractivity (Wildman–Crippen MR) is 215 cm³/mol. The van der Waals surface area contributed by atoms with Gasteiger partial charge in [-0.05, 0) is 93.0 Å². The first kappa shape index (κ1) is 46.0. The second-order valence-corrected chi connectivity index (χ2v) is 17.3. The Hall–Kier alpha value is -4.03. The van der Waals surface area contributed by atoms with Gasteiger partial charge in [-0.15, -0.1) is 5.10 Å². The monoisotopic (exact) mass is 827 g/mol. The van der Waals surface area contributed by atoms with Crippen LogP contribution in [0.2, 0.25) is 0 Å². The molecule has 3 saturated heterocycles. The fraction of sp³-hybridized carbons (Fsp3) is 0.738. The lowest BCUT2D eigenvalue weighted by atomic mass is 9.78. The minimum atomic E-state index is -1.39. The number of carbonyl (C=O) groups excluding carboxylic acids is 4. The maximum Gasteiger partial charge on any atom is 0.410 e. The number of aliphatic hydroxyl groups excluding tert-OH is 1. The van der Waals surface area contributed by atoms with Crippen LogP contribution in [0.4, 0.5) is 4.79 Å². The van der Waals surface area contributed by atoms with E-state index in [4.69, 9.17) is 23.7 Å². The first-order valence-electron chi connectivity index (χ1n) is 20.9. The molecule has 2 N–H and O–H groups in total. The summed E-state index contributed by atoms with van der Waals surface area (Å²) in [7, 11) is 5.21. The third-order valence-corrected chi connectivity index (χ3v) is 12.5. The topological polar surface area (TPSA) is 197 Å². The number of rotatable bonds is 11. The lowest BCUT2D eigenvalue weighted by molar-refractivity contribution is -0.295. The van der Waals surface area contributed by atoms with Gasteiger partial charge in [0.15, 0.2) is 17.7 Å². The molecule has 13 atom stereocenters. The maximum absolute atomic E-state index is 14.4. The number of amides is 2. The first-order valence-corrected chi connectivity index (χ1v) is 20.9. The van der Waals surface area contributed by atoms with E-state index in [1.54, 1.807) is 43.5 Å². The summed E-state index contributed by atoms with van der Waals surface area (Å²) in [5.41, 5.74) is -1.30. The van der Waals surface area contributed by atoms with Crippen molar-refractivity contribution in [1.82, 2.24) is 35.1 Å². The molecule has 3 aliphatic heterocycles. The predicted octanol–water partition coefficient (Wildman–Crippen LogP) is 3.62. The Balaban J connectivity index is 1.41. The number of methoxy groups -OCH3 is 1. The Morgan fingerprint density at radius 3 is 2.39 bits per heavy atom. The molecule has 0 saturated carbocycles. The zero-order chi connectivity index (χ0) is 43.4. The normalized spacial score (nSPS) is 36.4. The van der Waals surface area contributed by atoms with Crippen molar-refractivity contribution < 1.29 is 48.0 Å². The van der Waals surface area contributed by atoms with E-state index < -0.39 is 83.5 Å². The van der Waals surface area contributed by atoms with Crippen molar-refractivity contribution in [3.63, 3.8) is 0 Å². The number of nitrogens with zero attached hydrogens (tertiary/aromatic N) is 6. The van der Waals surface area contributed by atoms with E-state index in [1.165, 1.54) is 14.0 Å². The van der Waals surface area contributed by atoms with Gasteiger partial charge in [-0.1, -0.05) is 32.1 Å². The minimum Gasteiger partial charge on any atom is -0.458 e. The molecule has 3 aliphatic rings. The molecular formula is C42H65N7O10. The van der Waals surface area contributed by atoms with Crippen LogP contribution < -0.4 is 5.32 Å². The first-order chi connectivity index (χ1) is 27.8. The van der Waals surface area contributed by atoms with Crippen molar-refractivity contribution in [2.24, 2.45) is 17.8 Å². The zero-order valence-corrected chi connectivity index (χ0v) is 36.5. The molecule has 2 amide bonds. The van der Waals surface area contributed by atoms with E-state index in [2.05, 4.69) is 20.6 Å². The number of aliphatic hydroxyl groups is 1. The average Bonchev–Trinajstić information content (AvgIpc) is 3.78. The van der Waals surface area contributed by atoms with Crippen molar-refractivity contribution in [1.29, 1.82) is 0 Å². The summed E-state index contributed by atoms with van der Waals surface area (Å²) in [6, 6.07) is 3.88. The number of ketones is 1. The number of unbranched alkanes of at least 4 members (excludes halogenated alkanes) is 1. The maximum atomic E-state index is 14.4. The second-order valence-electron chi connectivity index (χ2n) is 17.3. The number of Topliss-reactive ketones (excluding diaryl/α,β-unsaturated/α-hetero) is 1. The molecule has 5 rings (SSSR count). The van der Waals surface area contributed by atoms with Crippen molar-refractivity contribution in [3.05, 3.63) is 30.6 Å². The van der Waals surface area contributed by atoms with E-state index in [-0.39, 0.29) is 37.4 Å². The fourth-order valence-electron chi connectivity index (χ4n) is 9.14. The van der Waals surface area contributed by atoms with E-state index in [1.807, 2.05) is 64.2 Å². The largest absolute Gasteiger partial charge is 0.458 e. The van der Waals surface area contributed by atoms with Gasteiger partial charge in [0.1, 0.15) is 23.8 Å². The molecule has 2 aromatic heterocycles. The van der Waals surface area contributed by atoms with Gasteiger partial charge in [0.2, 0.25) is 5.91 Å². The number of ether oxygens (including phenoxy) is 5. The quantitative estimate of drug-likeness (QED) is 0.189. The minimum absolute atomic E-state index is 0.0989. The van der Waals surface area contributed by atoms with Crippen molar-refractivity contribution in [2.75, 3.05) is 27.7 Å². The van der Waals surface area contributed by atoms with Gasteiger partial charge >= 0.3 is 12.1 Å². The van der Waals surface area contributed by atoms with Crippen LogP contribution in [0, 0.1) is 17.8 Å². The molecule has 2 aromatic rings. The molecule has 0 aromatic carbocycles. The highest BCUT2D eigenvalue weighted by Gasteiger charge is 2.59. The van der Waals surface area contributed by atoms with Crippen LogP contribution in [0.3, 0.4) is 0 Å². The third-order valence-electron chi connectivity index (χ3n) is 12.5. The molecule has 0 spiro atoms. The van der Waals surface area contributed by atoms with Gasteiger partial charge < -0.3 is 39.0 Å². The van der Waals surface area contributed by atoms with Crippen molar-refractivity contribution >= 4 is 23.8 Å². The van der Waals surface area contributed by atoms with Gasteiger partial charge in [0, 0.05) is 44.3 Å². The van der Waals surface area contributed by atoms with Crippen molar-refractivity contribution in [2.45, 2.75) is 154 Å². The number of nitrogens with one attached hydrogen (secondary N) is 1. The van der Waals surface area contributed by atoms with Crippen LogP contribution in [0.1, 0.15) is 87.5 Å². The van der Waals surface area contributed by atoms with Gasteiger partial charge in [-0.3, -0.25) is 28.9 Å². The Morgan fingerprint density at radius 1 is 1.03 bits per heavy atom. The molecule has 3 unspecified atom stereocenters. The highest BCUT2D eigenvalue weighted by Crippen LogP contribution is 2.40. The molecule has 17 heteroatoms.